The van der Waals surface area contributed by atoms with Crippen LogP contribution in [0.1, 0.15) is 35.4 Å². The Bertz CT molecular complexity index is 1230. The fourth-order valence-electron chi connectivity index (χ4n) is 5.01. The summed E-state index contributed by atoms with van der Waals surface area (Å²) in [5.41, 5.74) is 4.64. The summed E-state index contributed by atoms with van der Waals surface area (Å²) in [5, 5.41) is 18.8. The SMILES string of the molecule is N#Cc1cc(-c2ccnc(Cc3ccc(CN4CCN(CCO)CC4)cc3)n2)ccc1OC1CCOCC1. The van der Waals surface area contributed by atoms with Crippen LogP contribution in [0.4, 0.5) is 0 Å². The van der Waals surface area contributed by atoms with Crippen LogP contribution >= 0.6 is 0 Å². The number of hydrogen-bond acceptors (Lipinski definition) is 8. The van der Waals surface area contributed by atoms with E-state index in [4.69, 9.17) is 19.6 Å². The van der Waals surface area contributed by atoms with Gasteiger partial charge in [0.15, 0.2) is 0 Å². The minimum absolute atomic E-state index is 0.0841. The number of benzene rings is 2. The molecule has 0 amide bonds. The molecule has 2 saturated heterocycles. The van der Waals surface area contributed by atoms with E-state index in [2.05, 4.69) is 45.1 Å². The predicted octanol–water partition coefficient (Wildman–Crippen LogP) is 3.27. The van der Waals surface area contributed by atoms with Crippen LogP contribution in [0.15, 0.2) is 54.7 Å². The molecule has 0 saturated carbocycles. The zero-order valence-electron chi connectivity index (χ0n) is 21.8. The van der Waals surface area contributed by atoms with Gasteiger partial charge in [0.1, 0.15) is 23.7 Å². The van der Waals surface area contributed by atoms with Gasteiger partial charge in [0.25, 0.3) is 0 Å². The molecule has 2 aliphatic rings. The van der Waals surface area contributed by atoms with Gasteiger partial charge < -0.3 is 14.6 Å². The van der Waals surface area contributed by atoms with Crippen LogP contribution in [-0.4, -0.2) is 83.5 Å². The molecule has 3 heterocycles. The number of rotatable bonds is 9. The third kappa shape index (κ3) is 6.94. The fraction of sp³-hybridized carbons (Fsp3) is 0.433. The van der Waals surface area contributed by atoms with Crippen molar-refractivity contribution in [2.75, 3.05) is 52.5 Å². The Labute approximate surface area is 224 Å². The lowest BCUT2D eigenvalue weighted by Gasteiger charge is -2.34. The summed E-state index contributed by atoms with van der Waals surface area (Å²) in [5.74, 6) is 1.36. The number of piperazine rings is 1. The summed E-state index contributed by atoms with van der Waals surface area (Å²) in [6.45, 7) is 7.39. The quantitative estimate of drug-likeness (QED) is 0.466. The molecule has 0 unspecified atom stereocenters. The normalized spacial score (nSPS) is 17.3. The molecule has 8 heteroatoms. The second kappa shape index (κ2) is 12.9. The van der Waals surface area contributed by atoms with E-state index in [-0.39, 0.29) is 12.7 Å². The molecule has 0 bridgehead atoms. The van der Waals surface area contributed by atoms with E-state index in [0.29, 0.717) is 30.9 Å². The highest BCUT2D eigenvalue weighted by Crippen LogP contribution is 2.27. The van der Waals surface area contributed by atoms with Crippen molar-refractivity contribution in [3.8, 4) is 23.1 Å². The largest absolute Gasteiger partial charge is 0.489 e. The maximum atomic E-state index is 9.73. The van der Waals surface area contributed by atoms with Gasteiger partial charge in [0, 0.05) is 70.3 Å². The Balaban J connectivity index is 1.20. The summed E-state index contributed by atoms with van der Waals surface area (Å²) in [7, 11) is 0. The van der Waals surface area contributed by atoms with E-state index in [1.54, 1.807) is 6.20 Å². The van der Waals surface area contributed by atoms with Crippen LogP contribution in [-0.2, 0) is 17.7 Å². The van der Waals surface area contributed by atoms with Crippen LogP contribution in [0.25, 0.3) is 11.3 Å². The van der Waals surface area contributed by atoms with Crippen molar-refractivity contribution in [3.05, 3.63) is 77.2 Å². The summed E-state index contributed by atoms with van der Waals surface area (Å²) < 4.78 is 11.5. The van der Waals surface area contributed by atoms with Gasteiger partial charge in [0.2, 0.25) is 0 Å². The van der Waals surface area contributed by atoms with Crippen molar-refractivity contribution >= 4 is 0 Å². The van der Waals surface area contributed by atoms with E-state index in [1.165, 1.54) is 5.56 Å². The van der Waals surface area contributed by atoms with Crippen molar-refractivity contribution in [2.24, 2.45) is 0 Å². The lowest BCUT2D eigenvalue weighted by Crippen LogP contribution is -2.46. The minimum Gasteiger partial charge on any atom is -0.489 e. The van der Waals surface area contributed by atoms with E-state index in [0.717, 1.165) is 74.8 Å². The molecule has 198 valence electrons. The number of aliphatic hydroxyl groups excluding tert-OH is 1. The van der Waals surface area contributed by atoms with Crippen LogP contribution in [0.3, 0.4) is 0 Å². The van der Waals surface area contributed by atoms with E-state index < -0.39 is 0 Å². The molecule has 1 aromatic heterocycles. The van der Waals surface area contributed by atoms with Gasteiger partial charge in [0.05, 0.1) is 31.1 Å². The summed E-state index contributed by atoms with van der Waals surface area (Å²) in [4.78, 5) is 14.1. The van der Waals surface area contributed by atoms with Crippen molar-refractivity contribution in [2.45, 2.75) is 31.9 Å². The number of ether oxygens (including phenoxy) is 2. The third-order valence-corrected chi connectivity index (χ3v) is 7.24. The van der Waals surface area contributed by atoms with Crippen LogP contribution in [0.2, 0.25) is 0 Å². The van der Waals surface area contributed by atoms with E-state index in [9.17, 15) is 5.26 Å². The van der Waals surface area contributed by atoms with Gasteiger partial charge in [-0.05, 0) is 35.4 Å². The first-order chi connectivity index (χ1) is 18.7. The number of nitrogens with zero attached hydrogens (tertiary/aromatic N) is 5. The number of aromatic nitrogens is 2. The summed E-state index contributed by atoms with van der Waals surface area (Å²) in [6.07, 6.45) is 4.18. The standard InChI is InChI=1S/C30H35N5O3/c31-21-26-20-25(5-6-29(26)38-27-8-17-37-18-9-27)28-7-10-32-30(33-28)19-23-1-3-24(4-2-23)22-35-13-11-34(12-14-35)15-16-36/h1-7,10,20,27,36H,8-9,11-19,22H2. The molecule has 2 fully saturated rings. The predicted molar refractivity (Wildman–Crippen MR) is 145 cm³/mol. The number of hydrogen-bond donors (Lipinski definition) is 1. The second-order valence-electron chi connectivity index (χ2n) is 9.95. The molecule has 2 aromatic carbocycles. The van der Waals surface area contributed by atoms with Gasteiger partial charge in [-0.1, -0.05) is 24.3 Å². The monoisotopic (exact) mass is 513 g/mol. The number of aliphatic hydroxyl groups is 1. The minimum atomic E-state index is 0.0841. The average Bonchev–Trinajstić information content (AvgIpc) is 2.96. The van der Waals surface area contributed by atoms with Gasteiger partial charge in [-0.3, -0.25) is 9.80 Å². The highest BCUT2D eigenvalue weighted by Gasteiger charge is 2.18. The van der Waals surface area contributed by atoms with Crippen molar-refractivity contribution < 1.29 is 14.6 Å². The molecular weight excluding hydrogens is 478 g/mol. The number of nitriles is 1. The van der Waals surface area contributed by atoms with Gasteiger partial charge in [-0.15, -0.1) is 0 Å². The van der Waals surface area contributed by atoms with Crippen LogP contribution in [0.5, 0.6) is 5.75 Å². The number of β-amino-alcohol motifs (C(OH)–C–C–N with tert-alkyl or cyclic N) is 1. The van der Waals surface area contributed by atoms with Crippen molar-refractivity contribution in [3.63, 3.8) is 0 Å². The Morgan fingerprint density at radius 3 is 2.45 bits per heavy atom. The Hall–Kier alpha value is -3.35. The van der Waals surface area contributed by atoms with Crippen molar-refractivity contribution in [1.29, 1.82) is 5.26 Å². The molecule has 0 radical (unpaired) electrons. The first kappa shape index (κ1) is 26.3. The zero-order chi connectivity index (χ0) is 26.2. The zero-order valence-corrected chi connectivity index (χ0v) is 21.8. The Kier molecular flexibility index (Phi) is 8.94. The van der Waals surface area contributed by atoms with Gasteiger partial charge >= 0.3 is 0 Å². The van der Waals surface area contributed by atoms with E-state index >= 15 is 0 Å². The molecule has 0 aliphatic carbocycles. The first-order valence-electron chi connectivity index (χ1n) is 13.4. The molecule has 38 heavy (non-hydrogen) atoms. The molecule has 8 nitrogen and oxygen atoms in total. The third-order valence-electron chi connectivity index (χ3n) is 7.24. The second-order valence-corrected chi connectivity index (χ2v) is 9.95. The maximum Gasteiger partial charge on any atom is 0.137 e. The highest BCUT2D eigenvalue weighted by molar-refractivity contribution is 5.64. The smallest absolute Gasteiger partial charge is 0.137 e. The van der Waals surface area contributed by atoms with Gasteiger partial charge in [-0.25, -0.2) is 9.97 Å². The highest BCUT2D eigenvalue weighted by atomic mass is 16.5. The van der Waals surface area contributed by atoms with Gasteiger partial charge in [-0.2, -0.15) is 5.26 Å². The topological polar surface area (TPSA) is 94.7 Å². The fourth-order valence-corrected chi connectivity index (χ4v) is 5.01. The molecule has 0 spiro atoms. The Morgan fingerprint density at radius 1 is 0.974 bits per heavy atom. The van der Waals surface area contributed by atoms with E-state index in [1.807, 2.05) is 24.3 Å². The lowest BCUT2D eigenvalue weighted by molar-refractivity contribution is 0.0254. The Morgan fingerprint density at radius 2 is 1.71 bits per heavy atom. The van der Waals surface area contributed by atoms with Crippen LogP contribution < -0.4 is 4.74 Å². The molecule has 3 aromatic rings. The maximum absolute atomic E-state index is 9.73. The molecule has 1 N–H and O–H groups in total. The van der Waals surface area contributed by atoms with Crippen molar-refractivity contribution in [1.82, 2.24) is 19.8 Å². The van der Waals surface area contributed by atoms with Crippen LogP contribution in [0, 0.1) is 11.3 Å². The molecule has 2 aliphatic heterocycles. The average molecular weight is 514 g/mol. The first-order valence-corrected chi connectivity index (χ1v) is 13.4. The molecular formula is C30H35N5O3. The summed E-state index contributed by atoms with van der Waals surface area (Å²) in [6, 6.07) is 18.5. The summed E-state index contributed by atoms with van der Waals surface area (Å²) >= 11 is 0. The molecule has 0 atom stereocenters. The lowest BCUT2D eigenvalue weighted by atomic mass is 10.1. The molecule has 5 rings (SSSR count).